The maximum atomic E-state index is 13.3. The summed E-state index contributed by atoms with van der Waals surface area (Å²) in [5.41, 5.74) is 0.0524. The van der Waals surface area contributed by atoms with Crippen LogP contribution in [0.4, 0.5) is 20.3 Å². The van der Waals surface area contributed by atoms with Crippen LogP contribution in [0, 0.1) is 15.2 Å². The zero-order chi connectivity index (χ0) is 11.5. The van der Waals surface area contributed by atoms with Crippen LogP contribution in [0.1, 0.15) is 0 Å². The van der Waals surface area contributed by atoms with E-state index in [9.17, 15) is 8.78 Å². The minimum Gasteiger partial charge on any atom is -0.337 e. The first kappa shape index (κ1) is 11.2. The molecule has 0 atom stereocenters. The van der Waals surface area contributed by atoms with E-state index in [0.29, 0.717) is 5.82 Å². The number of nitrogens with zero attached hydrogens (tertiary/aromatic N) is 2. The Morgan fingerprint density at radius 3 is 2.81 bits per heavy atom. The van der Waals surface area contributed by atoms with E-state index in [1.165, 1.54) is 18.5 Å². The van der Waals surface area contributed by atoms with Gasteiger partial charge in [0.2, 0.25) is 0 Å². The van der Waals surface area contributed by atoms with Crippen molar-refractivity contribution in [2.75, 3.05) is 5.32 Å². The van der Waals surface area contributed by atoms with Crippen molar-refractivity contribution < 1.29 is 8.78 Å². The van der Waals surface area contributed by atoms with Gasteiger partial charge in [-0.15, -0.1) is 0 Å². The van der Waals surface area contributed by atoms with Crippen molar-refractivity contribution in [3.05, 3.63) is 45.9 Å². The van der Waals surface area contributed by atoms with Gasteiger partial charge in [-0.1, -0.05) is 6.07 Å². The first-order chi connectivity index (χ1) is 7.68. The van der Waals surface area contributed by atoms with Gasteiger partial charge in [0.25, 0.3) is 0 Å². The van der Waals surface area contributed by atoms with E-state index in [1.54, 1.807) is 6.20 Å². The highest BCUT2D eigenvalue weighted by Gasteiger charge is 2.09. The van der Waals surface area contributed by atoms with Crippen LogP contribution >= 0.6 is 22.6 Å². The third kappa shape index (κ3) is 2.26. The number of hydrogen-bond donors (Lipinski definition) is 1. The molecule has 0 saturated carbocycles. The highest BCUT2D eigenvalue weighted by atomic mass is 127. The lowest BCUT2D eigenvalue weighted by Crippen LogP contribution is -2.00. The van der Waals surface area contributed by atoms with Gasteiger partial charge in [0.15, 0.2) is 11.6 Å². The minimum atomic E-state index is -0.920. The number of rotatable bonds is 2. The van der Waals surface area contributed by atoms with E-state index in [0.717, 1.165) is 9.64 Å². The summed E-state index contributed by atoms with van der Waals surface area (Å²) in [6.07, 6.45) is 2.91. The lowest BCUT2D eigenvalue weighted by molar-refractivity contribution is 0.511. The second kappa shape index (κ2) is 4.69. The zero-order valence-electron chi connectivity index (χ0n) is 7.92. The molecule has 2 rings (SSSR count). The van der Waals surface area contributed by atoms with Crippen LogP contribution in [0.25, 0.3) is 0 Å². The Balaban J connectivity index is 2.35. The molecule has 0 radical (unpaired) electrons. The summed E-state index contributed by atoms with van der Waals surface area (Å²) >= 11 is 2.00. The van der Waals surface area contributed by atoms with E-state index in [1.807, 2.05) is 22.6 Å². The molecule has 16 heavy (non-hydrogen) atoms. The number of halogens is 3. The van der Waals surface area contributed by atoms with Gasteiger partial charge < -0.3 is 5.32 Å². The van der Waals surface area contributed by atoms with Gasteiger partial charge >= 0.3 is 0 Å². The van der Waals surface area contributed by atoms with E-state index < -0.39 is 11.6 Å². The maximum absolute atomic E-state index is 13.3. The molecular weight excluding hydrogens is 327 g/mol. The van der Waals surface area contributed by atoms with Crippen molar-refractivity contribution in [3.8, 4) is 0 Å². The topological polar surface area (TPSA) is 37.8 Å². The van der Waals surface area contributed by atoms with Crippen molar-refractivity contribution in [2.45, 2.75) is 0 Å². The Bertz CT molecular complexity index is 519. The number of hydrogen-bond acceptors (Lipinski definition) is 3. The quantitative estimate of drug-likeness (QED) is 0.859. The predicted octanol–water partition coefficient (Wildman–Crippen LogP) is 3.10. The first-order valence-corrected chi connectivity index (χ1v) is 5.43. The number of aromatic nitrogens is 2. The summed E-state index contributed by atoms with van der Waals surface area (Å²) < 4.78 is 27.0. The van der Waals surface area contributed by atoms with Crippen LogP contribution in [0.5, 0.6) is 0 Å². The summed E-state index contributed by atoms with van der Waals surface area (Å²) in [7, 11) is 0. The average molecular weight is 333 g/mol. The fourth-order valence-electron chi connectivity index (χ4n) is 1.13. The lowest BCUT2D eigenvalue weighted by atomic mass is 10.3. The van der Waals surface area contributed by atoms with E-state index >= 15 is 0 Å². The van der Waals surface area contributed by atoms with Gasteiger partial charge in [0, 0.05) is 6.20 Å². The molecular formula is C10H6F2IN3. The van der Waals surface area contributed by atoms with E-state index in [4.69, 9.17) is 0 Å². The maximum Gasteiger partial charge on any atom is 0.182 e. The van der Waals surface area contributed by atoms with Crippen LogP contribution in [0.2, 0.25) is 0 Å². The molecule has 1 heterocycles. The first-order valence-electron chi connectivity index (χ1n) is 4.35. The summed E-state index contributed by atoms with van der Waals surface area (Å²) in [4.78, 5) is 7.73. The Labute approximate surface area is 104 Å². The lowest BCUT2D eigenvalue weighted by Gasteiger charge is -2.07. The summed E-state index contributed by atoms with van der Waals surface area (Å²) in [6, 6.07) is 3.93. The number of benzene rings is 1. The van der Waals surface area contributed by atoms with Gasteiger partial charge in [0.05, 0.1) is 9.26 Å². The normalized spacial score (nSPS) is 10.2. The van der Waals surface area contributed by atoms with Gasteiger partial charge in [-0.05, 0) is 34.7 Å². The Hall–Kier alpha value is -1.31. The molecule has 0 bridgehead atoms. The summed E-state index contributed by atoms with van der Waals surface area (Å²) in [5.74, 6) is -1.37. The molecule has 0 aliphatic heterocycles. The van der Waals surface area contributed by atoms with Crippen molar-refractivity contribution in [1.29, 1.82) is 0 Å². The van der Waals surface area contributed by atoms with Crippen LogP contribution in [0.15, 0.2) is 30.7 Å². The van der Waals surface area contributed by atoms with Gasteiger partial charge in [-0.2, -0.15) is 0 Å². The van der Waals surface area contributed by atoms with E-state index in [-0.39, 0.29) is 5.69 Å². The number of anilines is 2. The monoisotopic (exact) mass is 333 g/mol. The van der Waals surface area contributed by atoms with Gasteiger partial charge in [-0.3, -0.25) is 0 Å². The van der Waals surface area contributed by atoms with E-state index in [2.05, 4.69) is 15.3 Å². The Morgan fingerprint density at radius 2 is 2.06 bits per heavy atom. The van der Waals surface area contributed by atoms with Crippen LogP contribution in [-0.2, 0) is 0 Å². The Morgan fingerprint density at radius 1 is 1.25 bits per heavy atom. The predicted molar refractivity (Wildman–Crippen MR) is 64.4 cm³/mol. The zero-order valence-corrected chi connectivity index (χ0v) is 10.1. The molecule has 82 valence electrons. The smallest absolute Gasteiger partial charge is 0.182 e. The molecule has 0 saturated heterocycles. The van der Waals surface area contributed by atoms with Gasteiger partial charge in [-0.25, -0.2) is 18.7 Å². The van der Waals surface area contributed by atoms with Crippen molar-refractivity contribution in [2.24, 2.45) is 0 Å². The molecule has 3 nitrogen and oxygen atoms in total. The molecule has 1 aromatic heterocycles. The van der Waals surface area contributed by atoms with Gasteiger partial charge in [0.1, 0.15) is 12.1 Å². The van der Waals surface area contributed by atoms with Crippen LogP contribution < -0.4 is 5.32 Å². The van der Waals surface area contributed by atoms with Crippen molar-refractivity contribution in [1.82, 2.24) is 9.97 Å². The molecule has 1 N–H and O–H groups in total. The van der Waals surface area contributed by atoms with Crippen LogP contribution in [-0.4, -0.2) is 9.97 Å². The number of nitrogens with one attached hydrogen (secondary N) is 1. The van der Waals surface area contributed by atoms with Crippen molar-refractivity contribution in [3.63, 3.8) is 0 Å². The van der Waals surface area contributed by atoms with Crippen molar-refractivity contribution >= 4 is 34.1 Å². The second-order valence-corrected chi connectivity index (χ2v) is 4.11. The molecule has 0 aliphatic rings. The minimum absolute atomic E-state index is 0.0524. The molecule has 0 fully saturated rings. The molecule has 0 amide bonds. The van der Waals surface area contributed by atoms with Crippen LogP contribution in [0.3, 0.4) is 0 Å². The fraction of sp³-hybridized carbons (Fsp3) is 0. The largest absolute Gasteiger partial charge is 0.337 e. The standard InChI is InChI=1S/C10H6F2IN3/c11-6-2-1-3-8(9(6)12)16-10-7(13)4-14-5-15-10/h1-5H,(H,14,15,16). The molecule has 6 heteroatoms. The fourth-order valence-corrected chi connectivity index (χ4v) is 1.57. The third-order valence-corrected chi connectivity index (χ3v) is 2.66. The molecule has 0 aliphatic carbocycles. The highest BCUT2D eigenvalue weighted by molar-refractivity contribution is 14.1. The average Bonchev–Trinajstić information content (AvgIpc) is 2.28. The second-order valence-electron chi connectivity index (χ2n) is 2.95. The molecule has 1 aromatic carbocycles. The molecule has 0 spiro atoms. The third-order valence-electron chi connectivity index (χ3n) is 1.87. The Kier molecular flexibility index (Phi) is 3.28. The SMILES string of the molecule is Fc1cccc(Nc2ncncc2I)c1F. The summed E-state index contributed by atoms with van der Waals surface area (Å²) in [5, 5.41) is 2.71. The molecule has 0 unspecified atom stereocenters. The molecule has 2 aromatic rings. The highest BCUT2D eigenvalue weighted by Crippen LogP contribution is 2.22. The summed E-state index contributed by atoms with van der Waals surface area (Å²) in [6.45, 7) is 0.